The summed E-state index contributed by atoms with van der Waals surface area (Å²) in [5.74, 6) is 0. The number of benzene rings is 1. The SMILES string of the molecule is CCn1cc(CN2CCCCC2)c2c(Cl)cccc21. The topological polar surface area (TPSA) is 8.17 Å². The van der Waals surface area contributed by atoms with Crippen molar-refractivity contribution in [1.82, 2.24) is 9.47 Å². The van der Waals surface area contributed by atoms with Gasteiger partial charge < -0.3 is 4.57 Å². The maximum absolute atomic E-state index is 6.42. The number of likely N-dealkylation sites (tertiary alicyclic amines) is 1. The Morgan fingerprint density at radius 3 is 2.68 bits per heavy atom. The lowest BCUT2D eigenvalue weighted by molar-refractivity contribution is 0.221. The molecule has 2 heterocycles. The first-order valence-corrected chi connectivity index (χ1v) is 7.66. The van der Waals surface area contributed by atoms with Crippen LogP contribution < -0.4 is 0 Å². The number of fused-ring (bicyclic) bond motifs is 1. The molecule has 0 atom stereocenters. The molecule has 0 spiro atoms. The van der Waals surface area contributed by atoms with Gasteiger partial charge >= 0.3 is 0 Å². The van der Waals surface area contributed by atoms with Crippen molar-refractivity contribution < 1.29 is 0 Å². The minimum absolute atomic E-state index is 0.886. The second kappa shape index (κ2) is 5.56. The predicted molar refractivity (Wildman–Crippen MR) is 81.8 cm³/mol. The first-order chi connectivity index (χ1) is 9.29. The summed E-state index contributed by atoms with van der Waals surface area (Å²) in [6.45, 7) is 6.67. The molecule has 0 aliphatic carbocycles. The van der Waals surface area contributed by atoms with Gasteiger partial charge in [0.1, 0.15) is 0 Å². The summed E-state index contributed by atoms with van der Waals surface area (Å²) in [5, 5.41) is 2.13. The molecule has 3 heteroatoms. The van der Waals surface area contributed by atoms with Crippen molar-refractivity contribution in [3.63, 3.8) is 0 Å². The molecule has 102 valence electrons. The second-order valence-corrected chi connectivity index (χ2v) is 5.82. The molecule has 0 saturated carbocycles. The fourth-order valence-corrected chi connectivity index (χ4v) is 3.42. The van der Waals surface area contributed by atoms with Gasteiger partial charge in [0.25, 0.3) is 0 Å². The van der Waals surface area contributed by atoms with Crippen molar-refractivity contribution in [2.45, 2.75) is 39.3 Å². The van der Waals surface area contributed by atoms with E-state index in [-0.39, 0.29) is 0 Å². The Hall–Kier alpha value is -0.990. The molecule has 0 radical (unpaired) electrons. The standard InChI is InChI=1S/C16H21ClN2/c1-2-19-12-13(11-18-9-4-3-5-10-18)16-14(17)7-6-8-15(16)19/h6-8,12H,2-5,9-11H2,1H3. The summed E-state index contributed by atoms with van der Waals surface area (Å²) < 4.78 is 2.31. The molecule has 0 unspecified atom stereocenters. The Labute approximate surface area is 120 Å². The Bertz CT molecular complexity index is 567. The van der Waals surface area contributed by atoms with Gasteiger partial charge in [-0.05, 0) is 50.6 Å². The molecule has 1 aliphatic heterocycles. The third-order valence-corrected chi connectivity index (χ3v) is 4.43. The summed E-state index contributed by atoms with van der Waals surface area (Å²) in [4.78, 5) is 2.56. The molecule has 3 rings (SSSR count). The Kier molecular flexibility index (Phi) is 3.81. The zero-order chi connectivity index (χ0) is 13.2. The summed E-state index contributed by atoms with van der Waals surface area (Å²) >= 11 is 6.42. The molecule has 19 heavy (non-hydrogen) atoms. The first kappa shape index (κ1) is 13.0. The van der Waals surface area contributed by atoms with Crippen LogP contribution in [0.4, 0.5) is 0 Å². The van der Waals surface area contributed by atoms with Crippen LogP contribution in [0.5, 0.6) is 0 Å². The molecular formula is C16H21ClN2. The molecule has 1 saturated heterocycles. The monoisotopic (exact) mass is 276 g/mol. The minimum atomic E-state index is 0.886. The van der Waals surface area contributed by atoms with Crippen molar-refractivity contribution >= 4 is 22.5 Å². The maximum Gasteiger partial charge on any atom is 0.0503 e. The number of aromatic nitrogens is 1. The molecule has 2 aromatic rings. The van der Waals surface area contributed by atoms with Gasteiger partial charge in [-0.3, -0.25) is 4.90 Å². The normalized spacial score (nSPS) is 17.2. The number of piperidine rings is 1. The van der Waals surface area contributed by atoms with Gasteiger partial charge in [-0.1, -0.05) is 24.1 Å². The van der Waals surface area contributed by atoms with E-state index in [0.29, 0.717) is 0 Å². The number of halogens is 1. The lowest BCUT2D eigenvalue weighted by Gasteiger charge is -2.26. The highest BCUT2D eigenvalue weighted by Gasteiger charge is 2.15. The number of nitrogens with zero attached hydrogens (tertiary/aromatic N) is 2. The lowest BCUT2D eigenvalue weighted by atomic mass is 10.1. The molecule has 1 aliphatic rings. The van der Waals surface area contributed by atoms with Crippen LogP contribution in [0.2, 0.25) is 5.02 Å². The average molecular weight is 277 g/mol. The minimum Gasteiger partial charge on any atom is -0.347 e. The van der Waals surface area contributed by atoms with E-state index >= 15 is 0 Å². The van der Waals surface area contributed by atoms with Crippen molar-refractivity contribution in [3.05, 3.63) is 35.0 Å². The van der Waals surface area contributed by atoms with Gasteiger partial charge in [0.15, 0.2) is 0 Å². The van der Waals surface area contributed by atoms with Crippen molar-refractivity contribution in [3.8, 4) is 0 Å². The Morgan fingerprint density at radius 2 is 1.95 bits per heavy atom. The Balaban J connectivity index is 1.98. The number of hydrogen-bond acceptors (Lipinski definition) is 1. The van der Waals surface area contributed by atoms with Crippen LogP contribution in [-0.4, -0.2) is 22.6 Å². The third kappa shape index (κ3) is 2.52. The van der Waals surface area contributed by atoms with E-state index < -0.39 is 0 Å². The Morgan fingerprint density at radius 1 is 1.16 bits per heavy atom. The van der Waals surface area contributed by atoms with Gasteiger partial charge in [-0.15, -0.1) is 0 Å². The first-order valence-electron chi connectivity index (χ1n) is 7.28. The largest absolute Gasteiger partial charge is 0.347 e. The molecule has 1 fully saturated rings. The molecular weight excluding hydrogens is 256 g/mol. The van der Waals surface area contributed by atoms with E-state index in [4.69, 9.17) is 11.6 Å². The van der Waals surface area contributed by atoms with E-state index in [2.05, 4.69) is 28.7 Å². The molecule has 1 aromatic heterocycles. The predicted octanol–water partition coefficient (Wildman–Crippen LogP) is 4.30. The molecule has 2 nitrogen and oxygen atoms in total. The number of rotatable bonds is 3. The number of hydrogen-bond donors (Lipinski definition) is 0. The van der Waals surface area contributed by atoms with Crippen molar-refractivity contribution in [2.24, 2.45) is 0 Å². The van der Waals surface area contributed by atoms with Crippen LogP contribution in [0.15, 0.2) is 24.4 Å². The zero-order valence-corrected chi connectivity index (χ0v) is 12.3. The van der Waals surface area contributed by atoms with Gasteiger partial charge in [0.2, 0.25) is 0 Å². The van der Waals surface area contributed by atoms with Crippen LogP contribution in [0, 0.1) is 0 Å². The summed E-state index contributed by atoms with van der Waals surface area (Å²) in [6.07, 6.45) is 6.33. The van der Waals surface area contributed by atoms with Gasteiger partial charge in [-0.25, -0.2) is 0 Å². The molecule has 0 bridgehead atoms. The molecule has 1 aromatic carbocycles. The smallest absolute Gasteiger partial charge is 0.0503 e. The van der Waals surface area contributed by atoms with Gasteiger partial charge in [0, 0.05) is 30.2 Å². The number of aryl methyl sites for hydroxylation is 1. The van der Waals surface area contributed by atoms with Crippen LogP contribution in [0.25, 0.3) is 10.9 Å². The van der Waals surface area contributed by atoms with E-state index in [0.717, 1.165) is 18.1 Å². The van der Waals surface area contributed by atoms with Crippen LogP contribution in [0.3, 0.4) is 0 Å². The fourth-order valence-electron chi connectivity index (χ4n) is 3.13. The van der Waals surface area contributed by atoms with E-state index in [1.54, 1.807) is 0 Å². The second-order valence-electron chi connectivity index (χ2n) is 5.41. The highest BCUT2D eigenvalue weighted by Crippen LogP contribution is 2.30. The van der Waals surface area contributed by atoms with E-state index in [1.165, 1.54) is 48.8 Å². The quantitative estimate of drug-likeness (QED) is 0.811. The fraction of sp³-hybridized carbons (Fsp3) is 0.500. The summed E-state index contributed by atoms with van der Waals surface area (Å²) in [5.41, 5.74) is 2.64. The van der Waals surface area contributed by atoms with Crippen molar-refractivity contribution in [2.75, 3.05) is 13.1 Å². The summed E-state index contributed by atoms with van der Waals surface area (Å²) in [7, 11) is 0. The zero-order valence-electron chi connectivity index (χ0n) is 11.5. The highest BCUT2D eigenvalue weighted by atomic mass is 35.5. The van der Waals surface area contributed by atoms with Crippen LogP contribution in [-0.2, 0) is 13.1 Å². The van der Waals surface area contributed by atoms with E-state index in [9.17, 15) is 0 Å². The summed E-state index contributed by atoms with van der Waals surface area (Å²) in [6, 6.07) is 6.22. The van der Waals surface area contributed by atoms with Crippen LogP contribution >= 0.6 is 11.6 Å². The molecule has 0 amide bonds. The molecule has 0 N–H and O–H groups in total. The average Bonchev–Trinajstić information content (AvgIpc) is 2.79. The lowest BCUT2D eigenvalue weighted by Crippen LogP contribution is -2.29. The van der Waals surface area contributed by atoms with Gasteiger partial charge in [0.05, 0.1) is 5.02 Å². The highest BCUT2D eigenvalue weighted by molar-refractivity contribution is 6.35. The van der Waals surface area contributed by atoms with Gasteiger partial charge in [-0.2, -0.15) is 0 Å². The third-order valence-electron chi connectivity index (χ3n) is 4.12. The van der Waals surface area contributed by atoms with E-state index in [1.807, 2.05) is 12.1 Å². The van der Waals surface area contributed by atoms with Crippen molar-refractivity contribution in [1.29, 1.82) is 0 Å². The van der Waals surface area contributed by atoms with Crippen LogP contribution in [0.1, 0.15) is 31.7 Å². The maximum atomic E-state index is 6.42.